The third kappa shape index (κ3) is 3.91. The smallest absolute Gasteiger partial charge is 0.128 e. The molecule has 3 rings (SSSR count). The largest absolute Gasteiger partial charge is 0.357 e. The second-order valence-electron chi connectivity index (χ2n) is 6.19. The number of aryl methyl sites for hydroxylation is 1. The Kier molecular flexibility index (Phi) is 5.28. The molecule has 0 aromatic carbocycles. The zero-order chi connectivity index (χ0) is 16.1. The van der Waals surface area contributed by atoms with E-state index in [-0.39, 0.29) is 0 Å². The molecule has 124 valence electrons. The Bertz CT molecular complexity index is 598. The molecular weight excluding hydrogens is 286 g/mol. The van der Waals surface area contributed by atoms with Crippen molar-refractivity contribution >= 4 is 5.82 Å². The topological polar surface area (TPSA) is 46.0 Å². The number of pyridine rings is 1. The van der Waals surface area contributed by atoms with Crippen molar-refractivity contribution in [2.75, 3.05) is 18.0 Å². The van der Waals surface area contributed by atoms with Gasteiger partial charge in [0.2, 0.25) is 0 Å². The summed E-state index contributed by atoms with van der Waals surface area (Å²) < 4.78 is 1.98. The predicted octanol–water partition coefficient (Wildman–Crippen LogP) is 3.14. The van der Waals surface area contributed by atoms with Gasteiger partial charge in [-0.15, -0.1) is 0 Å². The summed E-state index contributed by atoms with van der Waals surface area (Å²) in [5.74, 6) is 1.11. The molecule has 1 fully saturated rings. The average molecular weight is 313 g/mol. The normalized spacial score (nSPS) is 16.0. The van der Waals surface area contributed by atoms with Gasteiger partial charge in [0.15, 0.2) is 0 Å². The summed E-state index contributed by atoms with van der Waals surface area (Å²) in [6.07, 6.45) is 9.73. The molecule has 3 heterocycles. The summed E-state index contributed by atoms with van der Waals surface area (Å²) in [5, 5.41) is 7.99. The third-order valence-electron chi connectivity index (χ3n) is 4.58. The van der Waals surface area contributed by atoms with Crippen LogP contribution in [0.2, 0.25) is 0 Å². The van der Waals surface area contributed by atoms with Crippen LogP contribution in [0.5, 0.6) is 0 Å². The Morgan fingerprint density at radius 1 is 1.17 bits per heavy atom. The van der Waals surface area contributed by atoms with Crippen LogP contribution in [0.4, 0.5) is 5.82 Å². The third-order valence-corrected chi connectivity index (χ3v) is 4.58. The molecule has 0 spiro atoms. The van der Waals surface area contributed by atoms with Gasteiger partial charge in [0.05, 0.1) is 6.20 Å². The molecule has 0 bridgehead atoms. The summed E-state index contributed by atoms with van der Waals surface area (Å²) in [5.41, 5.74) is 2.49. The first-order valence-corrected chi connectivity index (χ1v) is 8.75. The van der Waals surface area contributed by atoms with Crippen LogP contribution in [0.1, 0.15) is 50.3 Å². The van der Waals surface area contributed by atoms with Crippen molar-refractivity contribution in [1.82, 2.24) is 20.1 Å². The first kappa shape index (κ1) is 16.0. The van der Waals surface area contributed by atoms with Gasteiger partial charge in [-0.25, -0.2) is 4.98 Å². The molecular formula is C18H27N5. The van der Waals surface area contributed by atoms with E-state index < -0.39 is 0 Å². The van der Waals surface area contributed by atoms with Gasteiger partial charge in [-0.05, 0) is 37.8 Å². The van der Waals surface area contributed by atoms with Crippen LogP contribution in [0, 0.1) is 0 Å². The lowest BCUT2D eigenvalue weighted by Crippen LogP contribution is -2.21. The van der Waals surface area contributed by atoms with Crippen molar-refractivity contribution in [1.29, 1.82) is 0 Å². The molecule has 0 saturated carbocycles. The van der Waals surface area contributed by atoms with E-state index in [1.807, 2.05) is 17.1 Å². The number of hydrogen-bond donors (Lipinski definition) is 1. The summed E-state index contributed by atoms with van der Waals surface area (Å²) in [4.78, 5) is 6.99. The highest BCUT2D eigenvalue weighted by atomic mass is 15.3. The Labute approximate surface area is 138 Å². The lowest BCUT2D eigenvalue weighted by atomic mass is 10.1. The fourth-order valence-corrected chi connectivity index (χ4v) is 3.13. The number of aromatic nitrogens is 3. The minimum Gasteiger partial charge on any atom is -0.357 e. The SMILES string of the molecule is CC[C@@H](NCc1ccc(N2CCCC2)nc1)c1cnn(CC)c1. The van der Waals surface area contributed by atoms with Crippen LogP contribution in [0.25, 0.3) is 0 Å². The lowest BCUT2D eigenvalue weighted by molar-refractivity contribution is 0.517. The minimum atomic E-state index is 0.341. The fourth-order valence-electron chi connectivity index (χ4n) is 3.13. The molecule has 2 aromatic heterocycles. The van der Waals surface area contributed by atoms with Gasteiger partial charge in [0.1, 0.15) is 5.82 Å². The van der Waals surface area contributed by atoms with Crippen LogP contribution in [-0.4, -0.2) is 27.9 Å². The molecule has 23 heavy (non-hydrogen) atoms. The van der Waals surface area contributed by atoms with Crippen molar-refractivity contribution in [2.24, 2.45) is 0 Å². The Morgan fingerprint density at radius 3 is 2.61 bits per heavy atom. The van der Waals surface area contributed by atoms with E-state index >= 15 is 0 Å². The molecule has 1 aliphatic rings. The molecule has 1 saturated heterocycles. The van der Waals surface area contributed by atoms with Crippen LogP contribution in [0.15, 0.2) is 30.7 Å². The van der Waals surface area contributed by atoms with Gasteiger partial charge in [0, 0.05) is 50.2 Å². The lowest BCUT2D eigenvalue weighted by Gasteiger charge is -2.18. The highest BCUT2D eigenvalue weighted by molar-refractivity contribution is 5.40. The number of hydrogen-bond acceptors (Lipinski definition) is 4. The average Bonchev–Trinajstić information content (AvgIpc) is 3.28. The molecule has 1 N–H and O–H groups in total. The standard InChI is InChI=1S/C18H27N5/c1-3-17(16-13-21-23(4-2)14-16)19-11-15-7-8-18(20-12-15)22-9-5-6-10-22/h7-8,12-14,17,19H,3-6,9-11H2,1-2H3/t17-/m1/s1. The first-order valence-electron chi connectivity index (χ1n) is 8.75. The highest BCUT2D eigenvalue weighted by Gasteiger charge is 2.14. The summed E-state index contributed by atoms with van der Waals surface area (Å²) >= 11 is 0. The number of anilines is 1. The Morgan fingerprint density at radius 2 is 2.00 bits per heavy atom. The minimum absolute atomic E-state index is 0.341. The summed E-state index contributed by atoms with van der Waals surface area (Å²) in [6, 6.07) is 4.68. The molecule has 0 amide bonds. The summed E-state index contributed by atoms with van der Waals surface area (Å²) in [6.45, 7) is 8.35. The van der Waals surface area contributed by atoms with E-state index in [9.17, 15) is 0 Å². The number of rotatable bonds is 7. The zero-order valence-corrected chi connectivity index (χ0v) is 14.2. The predicted molar refractivity (Wildman–Crippen MR) is 93.5 cm³/mol. The molecule has 5 nitrogen and oxygen atoms in total. The van der Waals surface area contributed by atoms with Crippen LogP contribution in [-0.2, 0) is 13.1 Å². The number of nitrogens with zero attached hydrogens (tertiary/aromatic N) is 4. The van der Waals surface area contributed by atoms with E-state index in [1.54, 1.807) is 0 Å². The monoisotopic (exact) mass is 313 g/mol. The quantitative estimate of drug-likeness (QED) is 0.853. The van der Waals surface area contributed by atoms with Crippen LogP contribution < -0.4 is 10.2 Å². The molecule has 1 aliphatic heterocycles. The molecule has 0 unspecified atom stereocenters. The van der Waals surface area contributed by atoms with Gasteiger partial charge in [-0.3, -0.25) is 4.68 Å². The van der Waals surface area contributed by atoms with Crippen LogP contribution >= 0.6 is 0 Å². The second kappa shape index (κ2) is 7.59. The first-order chi connectivity index (χ1) is 11.3. The van der Waals surface area contributed by atoms with Crippen molar-refractivity contribution in [2.45, 2.75) is 52.2 Å². The van der Waals surface area contributed by atoms with Crippen molar-refractivity contribution in [3.8, 4) is 0 Å². The number of nitrogens with one attached hydrogen (secondary N) is 1. The molecule has 0 aliphatic carbocycles. The highest BCUT2D eigenvalue weighted by Crippen LogP contribution is 2.19. The van der Waals surface area contributed by atoms with Gasteiger partial charge in [0.25, 0.3) is 0 Å². The van der Waals surface area contributed by atoms with E-state index in [1.165, 1.54) is 24.0 Å². The van der Waals surface area contributed by atoms with Crippen molar-refractivity contribution < 1.29 is 0 Å². The molecule has 0 radical (unpaired) electrons. The molecule has 2 aromatic rings. The van der Waals surface area contributed by atoms with Crippen molar-refractivity contribution in [3.05, 3.63) is 41.9 Å². The van der Waals surface area contributed by atoms with Crippen molar-refractivity contribution in [3.63, 3.8) is 0 Å². The maximum atomic E-state index is 4.62. The van der Waals surface area contributed by atoms with Gasteiger partial charge >= 0.3 is 0 Å². The van der Waals surface area contributed by atoms with Gasteiger partial charge in [-0.2, -0.15) is 5.10 Å². The van der Waals surface area contributed by atoms with E-state index in [2.05, 4.69) is 52.5 Å². The summed E-state index contributed by atoms with van der Waals surface area (Å²) in [7, 11) is 0. The zero-order valence-electron chi connectivity index (χ0n) is 14.2. The maximum absolute atomic E-state index is 4.62. The van der Waals surface area contributed by atoms with E-state index in [0.29, 0.717) is 6.04 Å². The van der Waals surface area contributed by atoms with E-state index in [0.717, 1.165) is 38.4 Å². The molecule has 1 atom stereocenters. The van der Waals surface area contributed by atoms with Gasteiger partial charge < -0.3 is 10.2 Å². The second-order valence-corrected chi connectivity index (χ2v) is 6.19. The Hall–Kier alpha value is -1.88. The Balaban J connectivity index is 1.57. The van der Waals surface area contributed by atoms with E-state index in [4.69, 9.17) is 0 Å². The molecule has 5 heteroatoms. The maximum Gasteiger partial charge on any atom is 0.128 e. The van der Waals surface area contributed by atoms with Crippen LogP contribution in [0.3, 0.4) is 0 Å². The fraction of sp³-hybridized carbons (Fsp3) is 0.556. The van der Waals surface area contributed by atoms with Gasteiger partial charge in [-0.1, -0.05) is 13.0 Å².